The van der Waals surface area contributed by atoms with E-state index in [0.717, 1.165) is 27.6 Å². The smallest absolute Gasteiger partial charge is 0.317 e. The second-order valence-electron chi connectivity index (χ2n) is 8.12. The average Bonchev–Trinajstić information content (AvgIpc) is 3.11. The molecule has 32 heavy (non-hydrogen) atoms. The fourth-order valence-electron chi connectivity index (χ4n) is 4.51. The third-order valence-corrected chi connectivity index (χ3v) is 6.01. The third kappa shape index (κ3) is 3.96. The molecule has 2 heterocycles. The summed E-state index contributed by atoms with van der Waals surface area (Å²) in [5, 5.41) is 4.01. The zero-order chi connectivity index (χ0) is 22.1. The van der Waals surface area contributed by atoms with Gasteiger partial charge in [0.15, 0.2) is 0 Å². The Morgan fingerprint density at radius 3 is 2.41 bits per heavy atom. The Kier molecular flexibility index (Phi) is 5.35. The first-order chi connectivity index (χ1) is 15.6. The van der Waals surface area contributed by atoms with E-state index in [-0.39, 0.29) is 24.2 Å². The van der Waals surface area contributed by atoms with Crippen LogP contribution in [0.5, 0.6) is 0 Å². The van der Waals surface area contributed by atoms with E-state index < -0.39 is 0 Å². The molecule has 4 aromatic rings. The summed E-state index contributed by atoms with van der Waals surface area (Å²) in [7, 11) is 0. The van der Waals surface area contributed by atoms with Crippen molar-refractivity contribution in [1.82, 2.24) is 14.8 Å². The lowest BCUT2D eigenvalue weighted by Crippen LogP contribution is -2.42. The highest BCUT2D eigenvalue weighted by Crippen LogP contribution is 2.31. The van der Waals surface area contributed by atoms with Gasteiger partial charge in [-0.05, 0) is 41.5 Å². The van der Waals surface area contributed by atoms with Gasteiger partial charge >= 0.3 is 6.03 Å². The van der Waals surface area contributed by atoms with Gasteiger partial charge in [-0.3, -0.25) is 0 Å². The molecule has 4 nitrogen and oxygen atoms in total. The number of urea groups is 1. The number of amides is 2. The third-order valence-electron chi connectivity index (χ3n) is 6.01. The van der Waals surface area contributed by atoms with E-state index in [9.17, 15) is 13.6 Å². The number of fused-ring (bicyclic) bond motifs is 3. The van der Waals surface area contributed by atoms with Crippen LogP contribution < -0.4 is 5.32 Å². The maximum Gasteiger partial charge on any atom is 0.317 e. The molecule has 5 rings (SSSR count). The highest BCUT2D eigenvalue weighted by molar-refractivity contribution is 5.87. The number of hydrogen-bond donors (Lipinski definition) is 1. The van der Waals surface area contributed by atoms with Gasteiger partial charge in [0, 0.05) is 54.8 Å². The van der Waals surface area contributed by atoms with Gasteiger partial charge in [-0.25, -0.2) is 13.6 Å². The van der Waals surface area contributed by atoms with Crippen molar-refractivity contribution in [3.8, 4) is 0 Å². The summed E-state index contributed by atoms with van der Waals surface area (Å²) in [6, 6.07) is 20.9. The second-order valence-corrected chi connectivity index (χ2v) is 8.12. The molecule has 1 N–H and O–H groups in total. The van der Waals surface area contributed by atoms with Gasteiger partial charge in [0.2, 0.25) is 0 Å². The van der Waals surface area contributed by atoms with Crippen LogP contribution in [0.1, 0.15) is 22.4 Å². The molecule has 0 atom stereocenters. The molecule has 0 aliphatic carbocycles. The van der Waals surface area contributed by atoms with E-state index in [2.05, 4.69) is 22.0 Å². The number of carbonyl (C=O) groups excluding carboxylic acids is 1. The summed E-state index contributed by atoms with van der Waals surface area (Å²) in [6.07, 6.45) is 0.715. The topological polar surface area (TPSA) is 37.3 Å². The van der Waals surface area contributed by atoms with Gasteiger partial charge in [-0.15, -0.1) is 0 Å². The molecular formula is C26H23F2N3O. The second kappa shape index (κ2) is 8.46. The molecule has 1 aromatic heterocycles. The Morgan fingerprint density at radius 2 is 1.62 bits per heavy atom. The lowest BCUT2D eigenvalue weighted by molar-refractivity contribution is 0.191. The molecule has 0 spiro atoms. The number of nitrogens with zero attached hydrogens (tertiary/aromatic N) is 2. The van der Waals surface area contributed by atoms with Crippen LogP contribution in [0, 0.1) is 11.6 Å². The Balaban J connectivity index is 1.39. The normalized spacial score (nSPS) is 13.2. The largest absolute Gasteiger partial charge is 0.340 e. The molecule has 0 saturated heterocycles. The first-order valence-electron chi connectivity index (χ1n) is 10.7. The summed E-state index contributed by atoms with van der Waals surface area (Å²) in [6.45, 7) is 1.95. The first kappa shape index (κ1) is 20.2. The predicted octanol–water partition coefficient (Wildman–Crippen LogP) is 5.24. The Hall–Kier alpha value is -3.67. The molecule has 0 bridgehead atoms. The van der Waals surface area contributed by atoms with E-state index in [4.69, 9.17) is 0 Å². The van der Waals surface area contributed by atoms with Gasteiger partial charge in [-0.1, -0.05) is 42.5 Å². The SMILES string of the molecule is O=C(NCc1cccc(F)c1)N1CCc2c(c3ccccc3n2Cc2cccc(F)c2)C1. The number of aromatic nitrogens is 1. The van der Waals surface area contributed by atoms with E-state index in [0.29, 0.717) is 26.1 Å². The van der Waals surface area contributed by atoms with Crippen LogP contribution in [-0.2, 0) is 26.1 Å². The van der Waals surface area contributed by atoms with Gasteiger partial charge in [0.25, 0.3) is 0 Å². The van der Waals surface area contributed by atoms with Crippen molar-refractivity contribution in [1.29, 1.82) is 0 Å². The fraction of sp³-hybridized carbons (Fsp3) is 0.192. The molecule has 0 radical (unpaired) electrons. The molecule has 3 aromatic carbocycles. The van der Waals surface area contributed by atoms with E-state index in [1.807, 2.05) is 18.2 Å². The van der Waals surface area contributed by atoms with Crippen LogP contribution in [0.25, 0.3) is 10.9 Å². The Labute approximate surface area is 185 Å². The van der Waals surface area contributed by atoms with Gasteiger partial charge < -0.3 is 14.8 Å². The zero-order valence-electron chi connectivity index (χ0n) is 17.5. The van der Waals surface area contributed by atoms with Gasteiger partial charge in [0.1, 0.15) is 11.6 Å². The number of benzene rings is 3. The minimum atomic E-state index is -0.314. The number of carbonyl (C=O) groups is 1. The lowest BCUT2D eigenvalue weighted by Gasteiger charge is -2.28. The maximum atomic E-state index is 13.7. The average molecular weight is 431 g/mol. The maximum absolute atomic E-state index is 13.7. The number of halogens is 2. The highest BCUT2D eigenvalue weighted by Gasteiger charge is 2.26. The number of rotatable bonds is 4. The molecule has 1 aliphatic rings. The number of para-hydroxylation sites is 1. The van der Waals surface area contributed by atoms with Crippen LogP contribution in [-0.4, -0.2) is 22.0 Å². The van der Waals surface area contributed by atoms with Crippen LogP contribution in [0.4, 0.5) is 13.6 Å². The minimum Gasteiger partial charge on any atom is -0.340 e. The Bertz CT molecular complexity index is 1300. The Morgan fingerprint density at radius 1 is 0.906 bits per heavy atom. The van der Waals surface area contributed by atoms with Crippen molar-refractivity contribution in [3.63, 3.8) is 0 Å². The first-order valence-corrected chi connectivity index (χ1v) is 10.7. The quantitative estimate of drug-likeness (QED) is 0.472. The molecule has 2 amide bonds. The molecule has 162 valence electrons. The van der Waals surface area contributed by atoms with Crippen molar-refractivity contribution in [2.24, 2.45) is 0 Å². The molecule has 1 aliphatic heterocycles. The number of nitrogens with one attached hydrogen (secondary N) is 1. The zero-order valence-corrected chi connectivity index (χ0v) is 17.5. The van der Waals surface area contributed by atoms with E-state index >= 15 is 0 Å². The highest BCUT2D eigenvalue weighted by atomic mass is 19.1. The van der Waals surface area contributed by atoms with E-state index in [1.165, 1.54) is 23.9 Å². The summed E-state index contributed by atoms with van der Waals surface area (Å²) >= 11 is 0. The molecule has 6 heteroatoms. The summed E-state index contributed by atoms with van der Waals surface area (Å²) in [5.41, 5.74) is 5.03. The van der Waals surface area contributed by atoms with Crippen molar-refractivity contribution >= 4 is 16.9 Å². The summed E-state index contributed by atoms with van der Waals surface area (Å²) in [4.78, 5) is 14.6. The molecule has 0 unspecified atom stereocenters. The fourth-order valence-corrected chi connectivity index (χ4v) is 4.51. The summed E-state index contributed by atoms with van der Waals surface area (Å²) in [5.74, 6) is -0.556. The molecule has 0 fully saturated rings. The molecular weight excluding hydrogens is 408 g/mol. The van der Waals surface area contributed by atoms with Crippen molar-refractivity contribution in [2.45, 2.75) is 26.1 Å². The lowest BCUT2D eigenvalue weighted by atomic mass is 10.0. The van der Waals surface area contributed by atoms with Crippen LogP contribution in [0.3, 0.4) is 0 Å². The summed E-state index contributed by atoms with van der Waals surface area (Å²) < 4.78 is 29.4. The number of hydrogen-bond acceptors (Lipinski definition) is 1. The molecule has 0 saturated carbocycles. The minimum absolute atomic E-state index is 0.165. The van der Waals surface area contributed by atoms with E-state index in [1.54, 1.807) is 29.2 Å². The van der Waals surface area contributed by atoms with Gasteiger partial charge in [-0.2, -0.15) is 0 Å². The van der Waals surface area contributed by atoms with Gasteiger partial charge in [0.05, 0.1) is 0 Å². The standard InChI is InChI=1S/C26H23F2N3O/c27-20-7-3-5-18(13-20)15-29-26(32)30-12-11-25-23(17-30)22-9-1-2-10-24(22)31(25)16-19-6-4-8-21(28)14-19/h1-10,13-14H,11-12,15-17H2,(H,29,32). The monoisotopic (exact) mass is 431 g/mol. The predicted molar refractivity (Wildman–Crippen MR) is 120 cm³/mol. The van der Waals surface area contributed by atoms with Crippen LogP contribution in [0.15, 0.2) is 72.8 Å². The van der Waals surface area contributed by atoms with Crippen molar-refractivity contribution in [3.05, 3.63) is 107 Å². The van der Waals surface area contributed by atoms with Crippen molar-refractivity contribution in [2.75, 3.05) is 6.54 Å². The van der Waals surface area contributed by atoms with Crippen LogP contribution in [0.2, 0.25) is 0 Å². The van der Waals surface area contributed by atoms with Crippen molar-refractivity contribution < 1.29 is 13.6 Å². The van der Waals surface area contributed by atoms with Crippen LogP contribution >= 0.6 is 0 Å².